The second-order valence-corrected chi connectivity index (χ2v) is 6.94. The summed E-state index contributed by atoms with van der Waals surface area (Å²) in [5.74, 6) is 3.57. The molecule has 0 bridgehead atoms. The first kappa shape index (κ1) is 17.8. The number of nitrogens with one attached hydrogen (secondary N) is 1. The zero-order chi connectivity index (χ0) is 17.7. The topological polar surface area (TPSA) is 44.8 Å². The lowest BCUT2D eigenvalue weighted by Gasteiger charge is -2.45. The summed E-state index contributed by atoms with van der Waals surface area (Å²) >= 11 is 0. The van der Waals surface area contributed by atoms with Crippen molar-refractivity contribution in [1.29, 1.82) is 0 Å². The Balaban J connectivity index is 1.65. The number of likely N-dealkylation sites (N-methyl/N-ethyl adjacent to an activating group) is 1. The molecule has 2 heterocycles. The molecule has 5 heteroatoms. The van der Waals surface area contributed by atoms with Crippen LogP contribution in [0.15, 0.2) is 24.3 Å². The third-order valence-corrected chi connectivity index (χ3v) is 5.47. The first-order valence-corrected chi connectivity index (χ1v) is 9.02. The average Bonchev–Trinajstić information content (AvgIpc) is 2.77. The smallest absolute Gasteiger partial charge is 0.240 e. The van der Waals surface area contributed by atoms with Crippen molar-refractivity contribution >= 4 is 5.91 Å². The molecule has 25 heavy (non-hydrogen) atoms. The van der Waals surface area contributed by atoms with E-state index < -0.39 is 0 Å². The molecule has 134 valence electrons. The molecule has 2 aliphatic rings. The van der Waals surface area contributed by atoms with Gasteiger partial charge < -0.3 is 10.1 Å². The van der Waals surface area contributed by atoms with E-state index in [1.54, 1.807) is 0 Å². The van der Waals surface area contributed by atoms with Crippen molar-refractivity contribution in [2.75, 3.05) is 39.8 Å². The van der Waals surface area contributed by atoms with Gasteiger partial charge in [0.1, 0.15) is 17.9 Å². The Morgan fingerprint density at radius 3 is 2.80 bits per heavy atom. The van der Waals surface area contributed by atoms with Crippen LogP contribution in [0.25, 0.3) is 0 Å². The van der Waals surface area contributed by atoms with Crippen LogP contribution in [-0.4, -0.2) is 61.1 Å². The standard InChI is InChI=1S/C20H27N3O2/c1-3-15-25-18-8-5-4-7-17(18)16-23-13-9-20(10-14-23)19(24)21-11-6-12-22(20)2/h1,4-5,7-8H,6,9-16H2,2H3,(H,21,24). The van der Waals surface area contributed by atoms with Gasteiger partial charge in [0, 0.05) is 38.3 Å². The maximum atomic E-state index is 12.6. The third kappa shape index (κ3) is 3.81. The van der Waals surface area contributed by atoms with Crippen molar-refractivity contribution in [2.24, 2.45) is 0 Å². The highest BCUT2D eigenvalue weighted by Crippen LogP contribution is 2.31. The highest BCUT2D eigenvalue weighted by molar-refractivity contribution is 5.86. The highest BCUT2D eigenvalue weighted by Gasteiger charge is 2.45. The van der Waals surface area contributed by atoms with E-state index >= 15 is 0 Å². The first-order valence-electron chi connectivity index (χ1n) is 9.02. The number of ether oxygens (including phenoxy) is 1. The van der Waals surface area contributed by atoms with E-state index in [-0.39, 0.29) is 18.1 Å². The molecule has 2 fully saturated rings. The zero-order valence-corrected chi connectivity index (χ0v) is 15.0. The zero-order valence-electron chi connectivity index (χ0n) is 15.0. The number of hydrogen-bond donors (Lipinski definition) is 1. The van der Waals surface area contributed by atoms with Gasteiger partial charge in [-0.2, -0.15) is 0 Å². The Labute approximate surface area is 150 Å². The van der Waals surface area contributed by atoms with Crippen LogP contribution in [0.4, 0.5) is 0 Å². The van der Waals surface area contributed by atoms with E-state index in [2.05, 4.69) is 34.2 Å². The number of carbonyl (C=O) groups excluding carboxylic acids is 1. The van der Waals surface area contributed by atoms with Gasteiger partial charge in [-0.1, -0.05) is 24.1 Å². The summed E-state index contributed by atoms with van der Waals surface area (Å²) in [7, 11) is 2.09. The van der Waals surface area contributed by atoms with E-state index in [0.29, 0.717) is 0 Å². The van der Waals surface area contributed by atoms with Crippen molar-refractivity contribution < 1.29 is 9.53 Å². The number of rotatable bonds is 4. The van der Waals surface area contributed by atoms with Crippen LogP contribution in [0, 0.1) is 12.3 Å². The fourth-order valence-corrected chi connectivity index (χ4v) is 3.90. The fraction of sp³-hybridized carbons (Fsp3) is 0.550. The molecule has 5 nitrogen and oxygen atoms in total. The predicted molar refractivity (Wildman–Crippen MR) is 98.3 cm³/mol. The molecule has 1 aromatic carbocycles. The lowest BCUT2D eigenvalue weighted by Crippen LogP contribution is -2.60. The monoisotopic (exact) mass is 341 g/mol. The second-order valence-electron chi connectivity index (χ2n) is 6.94. The second kappa shape index (κ2) is 7.90. The van der Waals surface area contributed by atoms with Crippen molar-refractivity contribution in [3.63, 3.8) is 0 Å². The minimum absolute atomic E-state index is 0.199. The summed E-state index contributed by atoms with van der Waals surface area (Å²) in [4.78, 5) is 17.3. The van der Waals surface area contributed by atoms with Gasteiger partial charge in [-0.15, -0.1) is 6.42 Å². The Hall–Kier alpha value is -2.03. The van der Waals surface area contributed by atoms with Gasteiger partial charge in [0.2, 0.25) is 5.91 Å². The maximum Gasteiger partial charge on any atom is 0.240 e. The molecule has 1 spiro atoms. The number of terminal acetylenes is 1. The van der Waals surface area contributed by atoms with Gasteiger partial charge in [-0.05, 0) is 32.4 Å². The van der Waals surface area contributed by atoms with Gasteiger partial charge in [0.25, 0.3) is 0 Å². The molecular weight excluding hydrogens is 314 g/mol. The lowest BCUT2D eigenvalue weighted by molar-refractivity contribution is -0.134. The van der Waals surface area contributed by atoms with E-state index in [4.69, 9.17) is 11.2 Å². The van der Waals surface area contributed by atoms with Crippen LogP contribution in [0.2, 0.25) is 0 Å². The van der Waals surface area contributed by atoms with Crippen LogP contribution in [-0.2, 0) is 11.3 Å². The number of nitrogens with zero attached hydrogens (tertiary/aromatic N) is 2. The Kier molecular flexibility index (Phi) is 5.62. The molecule has 0 aromatic heterocycles. The van der Waals surface area contributed by atoms with Crippen LogP contribution >= 0.6 is 0 Å². The van der Waals surface area contributed by atoms with Gasteiger partial charge >= 0.3 is 0 Å². The van der Waals surface area contributed by atoms with Gasteiger partial charge in [-0.25, -0.2) is 0 Å². The Morgan fingerprint density at radius 2 is 2.04 bits per heavy atom. The molecule has 0 saturated carbocycles. The van der Waals surface area contributed by atoms with Crippen LogP contribution in [0.3, 0.4) is 0 Å². The van der Waals surface area contributed by atoms with Crippen molar-refractivity contribution in [1.82, 2.24) is 15.1 Å². The molecule has 1 N–H and O–H groups in total. The lowest BCUT2D eigenvalue weighted by atomic mass is 9.85. The summed E-state index contributed by atoms with van der Waals surface area (Å²) in [6, 6.07) is 8.03. The van der Waals surface area contributed by atoms with E-state index in [1.807, 2.05) is 18.2 Å². The van der Waals surface area contributed by atoms with Crippen molar-refractivity contribution in [2.45, 2.75) is 31.3 Å². The molecular formula is C20H27N3O2. The molecule has 0 unspecified atom stereocenters. The molecule has 0 atom stereocenters. The molecule has 0 radical (unpaired) electrons. The van der Waals surface area contributed by atoms with Crippen molar-refractivity contribution in [3.05, 3.63) is 29.8 Å². The average molecular weight is 341 g/mol. The molecule has 1 aromatic rings. The maximum absolute atomic E-state index is 12.6. The van der Waals surface area contributed by atoms with Crippen LogP contribution in [0.5, 0.6) is 5.75 Å². The van der Waals surface area contributed by atoms with Crippen LogP contribution in [0.1, 0.15) is 24.8 Å². The summed E-state index contributed by atoms with van der Waals surface area (Å²) in [6.45, 7) is 4.67. The summed E-state index contributed by atoms with van der Waals surface area (Å²) < 4.78 is 5.65. The molecule has 1 amide bonds. The number of carbonyl (C=O) groups is 1. The predicted octanol–water partition coefficient (Wildman–Crippen LogP) is 1.48. The number of piperidine rings is 1. The molecule has 2 saturated heterocycles. The number of likely N-dealkylation sites (tertiary alicyclic amines) is 1. The summed E-state index contributed by atoms with van der Waals surface area (Å²) in [5.41, 5.74) is 0.805. The summed E-state index contributed by atoms with van der Waals surface area (Å²) in [5, 5.41) is 3.09. The van der Waals surface area contributed by atoms with E-state index in [0.717, 1.165) is 63.3 Å². The first-order chi connectivity index (χ1) is 12.2. The molecule has 0 aliphatic carbocycles. The van der Waals surface area contributed by atoms with E-state index in [1.165, 1.54) is 0 Å². The van der Waals surface area contributed by atoms with Gasteiger partial charge in [-0.3, -0.25) is 14.6 Å². The normalized spacial score (nSPS) is 21.4. The number of benzene rings is 1. The Morgan fingerprint density at radius 1 is 1.28 bits per heavy atom. The minimum Gasteiger partial charge on any atom is -0.481 e. The number of para-hydroxylation sites is 1. The quantitative estimate of drug-likeness (QED) is 0.843. The van der Waals surface area contributed by atoms with Gasteiger partial charge in [0.15, 0.2) is 0 Å². The number of hydrogen-bond acceptors (Lipinski definition) is 4. The van der Waals surface area contributed by atoms with E-state index in [9.17, 15) is 4.79 Å². The van der Waals surface area contributed by atoms with Crippen molar-refractivity contribution in [3.8, 4) is 18.1 Å². The SMILES string of the molecule is C#CCOc1ccccc1CN1CCC2(CC1)C(=O)NCCCN2C. The fourth-order valence-electron chi connectivity index (χ4n) is 3.90. The summed E-state index contributed by atoms with van der Waals surface area (Å²) in [6.07, 6.45) is 8.05. The Bertz CT molecular complexity index is 645. The third-order valence-electron chi connectivity index (χ3n) is 5.47. The molecule has 3 rings (SSSR count). The highest BCUT2D eigenvalue weighted by atomic mass is 16.5. The van der Waals surface area contributed by atoms with Gasteiger partial charge in [0.05, 0.1) is 0 Å². The van der Waals surface area contributed by atoms with Crippen LogP contribution < -0.4 is 10.1 Å². The largest absolute Gasteiger partial charge is 0.481 e. The molecule has 2 aliphatic heterocycles. The minimum atomic E-state index is -0.341. The number of amides is 1.